The van der Waals surface area contributed by atoms with Crippen molar-refractivity contribution in [2.75, 3.05) is 0 Å². The van der Waals surface area contributed by atoms with Crippen molar-refractivity contribution in [3.63, 3.8) is 0 Å². The molecule has 0 atom stereocenters. The smallest absolute Gasteiger partial charge is 0.412 e. The molecule has 76 valence electrons. The molecule has 0 aromatic rings. The van der Waals surface area contributed by atoms with Crippen molar-refractivity contribution < 1.29 is 58.0 Å². The molecular weight excluding hydrogens is 230 g/mol. The second kappa shape index (κ2) is 6.68. The number of alkyl halides is 3. The van der Waals surface area contributed by atoms with Crippen LogP contribution < -0.4 is 18.9 Å². The van der Waals surface area contributed by atoms with Crippen LogP contribution in [0.2, 0.25) is 0 Å². The zero-order chi connectivity index (χ0) is 10.6. The fraction of sp³-hybridized carbons (Fsp3) is 0.500. The number of halogens is 8. The van der Waals surface area contributed by atoms with Crippen LogP contribution in [0.5, 0.6) is 0 Å². The van der Waals surface area contributed by atoms with E-state index in [1.807, 2.05) is 0 Å². The van der Waals surface area contributed by atoms with E-state index in [1.54, 1.807) is 0 Å². The van der Waals surface area contributed by atoms with E-state index in [-0.39, 0.29) is 18.9 Å². The van der Waals surface area contributed by atoms with Gasteiger partial charge in [-0.25, -0.2) is 17.7 Å². The van der Waals surface area contributed by atoms with Gasteiger partial charge in [0.25, 0.3) is 0 Å². The molecule has 0 saturated heterocycles. The van der Waals surface area contributed by atoms with Crippen LogP contribution in [0.1, 0.15) is 0 Å². The molecule has 0 aliphatic heterocycles. The van der Waals surface area contributed by atoms with Crippen molar-refractivity contribution in [3.05, 3.63) is 6.43 Å². The Morgan fingerprint density at radius 2 is 1.08 bits per heavy atom. The van der Waals surface area contributed by atoms with Gasteiger partial charge in [0.1, 0.15) is 6.43 Å². The maximum Gasteiger partial charge on any atom is 1.00 e. The normalized spacial score (nSPS) is 11.5. The molecule has 0 unspecified atom stereocenters. The average molecular weight is 230 g/mol. The molecule has 1 nitrogen and oxygen atoms in total. The minimum atomic E-state index is -6.14. The maximum absolute atomic E-state index is 10.4. The zero-order valence-electron chi connectivity index (χ0n) is 5.88. The van der Waals surface area contributed by atoms with E-state index in [0.717, 1.165) is 0 Å². The van der Waals surface area contributed by atoms with E-state index >= 15 is 0 Å². The minimum Gasteiger partial charge on any atom is -0.412 e. The van der Waals surface area contributed by atoms with Crippen molar-refractivity contribution in [1.82, 2.24) is 0 Å². The first-order valence-corrected chi connectivity index (χ1v) is 3.26. The van der Waals surface area contributed by atoms with Crippen LogP contribution in [0.4, 0.5) is 34.5 Å². The van der Waals surface area contributed by atoms with E-state index in [0.29, 0.717) is 0 Å². The fourth-order valence-electron chi connectivity index (χ4n) is 0. The van der Waals surface area contributed by atoms with Gasteiger partial charge in [-0.2, -0.15) is 0 Å². The molecule has 0 aliphatic rings. The van der Waals surface area contributed by atoms with E-state index < -0.39 is 20.7 Å². The Bertz CT molecular complexity index is 152. The van der Waals surface area contributed by atoms with Crippen molar-refractivity contribution in [2.45, 2.75) is 6.18 Å². The summed E-state index contributed by atoms with van der Waals surface area (Å²) in [6.07, 6.45) is -8.92. The van der Waals surface area contributed by atoms with Crippen molar-refractivity contribution in [3.8, 4) is 0 Å². The summed E-state index contributed by atoms with van der Waals surface area (Å²) in [5, 5.41) is 0. The van der Waals surface area contributed by atoms with Gasteiger partial charge in [-0.15, -0.1) is 12.6 Å². The molecule has 0 amide bonds. The summed E-state index contributed by atoms with van der Waals surface area (Å²) in [5.74, 6) is 0. The van der Waals surface area contributed by atoms with Gasteiger partial charge in [-0.1, -0.05) is 0 Å². The van der Waals surface area contributed by atoms with Crippen molar-refractivity contribution >= 4 is 8.07 Å². The Morgan fingerprint density at radius 1 is 1.00 bits per heavy atom. The topological polar surface area (TPSA) is 17.1 Å². The summed E-state index contributed by atoms with van der Waals surface area (Å²) in [5.41, 5.74) is 0. The molecule has 0 N–H and O–H groups in total. The Morgan fingerprint density at radius 3 is 1.08 bits per heavy atom. The summed E-state index contributed by atoms with van der Waals surface area (Å²) in [7, 11) is -6.14. The molecule has 0 aromatic carbocycles. The molecule has 0 saturated carbocycles. The molecule has 0 aliphatic carbocycles. The molecule has 0 rings (SSSR count). The Balaban J connectivity index is -0.000000150. The van der Waals surface area contributed by atoms with Crippen LogP contribution >= 0.6 is 8.07 Å². The molecule has 0 bridgehead atoms. The van der Waals surface area contributed by atoms with Gasteiger partial charge in [0.2, 0.25) is 0 Å². The molecule has 0 radical (unpaired) electrons. The first-order chi connectivity index (χ1) is 4.94. The first-order valence-electron chi connectivity index (χ1n) is 1.88. The number of rotatable bonds is 0. The van der Waals surface area contributed by atoms with Crippen LogP contribution in [0.3, 0.4) is 0 Å². The fourth-order valence-corrected chi connectivity index (χ4v) is 0. The van der Waals surface area contributed by atoms with Crippen LogP contribution in [0, 0.1) is 6.43 Å². The van der Waals surface area contributed by atoms with Gasteiger partial charge in [-0.3, -0.25) is 0 Å². The summed E-state index contributed by atoms with van der Waals surface area (Å²) in [6, 6.07) is 0. The predicted octanol–water partition coefficient (Wildman–Crippen LogP) is 0.984. The van der Waals surface area contributed by atoms with Gasteiger partial charge < -0.3 is 8.78 Å². The molecule has 11 heteroatoms. The molecule has 13 heavy (non-hydrogen) atoms. The third-order valence-electron chi connectivity index (χ3n) is 0.214. The largest absolute Gasteiger partial charge is 1.00 e. The molecule has 0 aromatic heterocycles. The van der Waals surface area contributed by atoms with Crippen molar-refractivity contribution in [1.29, 1.82) is 0 Å². The molecule has 0 heterocycles. The minimum absolute atomic E-state index is 0. The quantitative estimate of drug-likeness (QED) is 0.262. The van der Waals surface area contributed by atoms with Crippen LogP contribution in [0.15, 0.2) is 0 Å². The summed E-state index contributed by atoms with van der Waals surface area (Å²) in [6.45, 7) is 0. The van der Waals surface area contributed by atoms with Crippen LogP contribution in [0.25, 0.3) is 0 Å². The van der Waals surface area contributed by atoms with E-state index in [4.69, 9.17) is 4.57 Å². The third-order valence-corrected chi connectivity index (χ3v) is 0.214. The zero-order valence-corrected chi connectivity index (χ0v) is 6.77. The van der Waals surface area contributed by atoms with E-state index in [2.05, 4.69) is 0 Å². The van der Waals surface area contributed by atoms with Gasteiger partial charge in [0.15, 0.2) is 0 Å². The monoisotopic (exact) mass is 230 g/mol. The van der Waals surface area contributed by atoms with Crippen LogP contribution in [-0.2, 0) is 4.57 Å². The first kappa shape index (κ1) is 18.9. The van der Waals surface area contributed by atoms with Gasteiger partial charge in [0, 0.05) is 0 Å². The standard InChI is InChI=1S/C2F5.F3OP.Li/c3-1(4)2(5,6)7;1-5(2,3)4;/q-1;;+1. The molecule has 0 spiro atoms. The Hall–Kier alpha value is 0.267. The van der Waals surface area contributed by atoms with Gasteiger partial charge >= 0.3 is 33.1 Å². The maximum atomic E-state index is 10.4. The second-order valence-corrected chi connectivity index (χ2v) is 1.95. The second-order valence-electron chi connectivity index (χ2n) is 1.16. The predicted molar refractivity (Wildman–Crippen MR) is 22.4 cm³/mol. The number of hydrogen-bond acceptors (Lipinski definition) is 1. The Labute approximate surface area is 79.4 Å². The summed E-state index contributed by atoms with van der Waals surface area (Å²) in [4.78, 5) is 0. The Kier molecular flexibility index (Phi) is 9.73. The van der Waals surface area contributed by atoms with Crippen LogP contribution in [-0.4, -0.2) is 6.18 Å². The molecular formula is C2F8LiOP. The molecule has 0 fully saturated rings. The summed E-state index contributed by atoms with van der Waals surface area (Å²) < 4.78 is 89.8. The third kappa shape index (κ3) is 32.9. The van der Waals surface area contributed by atoms with Crippen molar-refractivity contribution in [2.24, 2.45) is 0 Å². The average Bonchev–Trinajstić information content (AvgIpc) is 1.55. The SMILES string of the molecule is F[C-](F)C(F)(F)F.O=P(F)(F)F.[Li+]. The number of hydrogen-bond donors (Lipinski definition) is 0. The van der Waals surface area contributed by atoms with Gasteiger partial charge in [0.05, 0.1) is 0 Å². The van der Waals surface area contributed by atoms with E-state index in [9.17, 15) is 34.5 Å². The summed E-state index contributed by atoms with van der Waals surface area (Å²) >= 11 is 0. The van der Waals surface area contributed by atoms with E-state index in [1.165, 1.54) is 0 Å². The van der Waals surface area contributed by atoms with Gasteiger partial charge in [-0.05, 0) is 0 Å².